The Labute approximate surface area is 700 Å². The van der Waals surface area contributed by atoms with E-state index in [1.165, 1.54) is 55.6 Å². The van der Waals surface area contributed by atoms with E-state index in [4.69, 9.17) is 47.4 Å². The molecular formula is C91H74Cl2N6O11S6. The minimum absolute atomic E-state index is 0.0331. The van der Waals surface area contributed by atoms with E-state index in [1.54, 1.807) is 65.2 Å². The average molecular weight is 1690 g/mol. The minimum atomic E-state index is -0.695. The van der Waals surface area contributed by atoms with E-state index in [1.807, 2.05) is 176 Å². The van der Waals surface area contributed by atoms with Gasteiger partial charge in [0.1, 0.15) is 4.88 Å². The van der Waals surface area contributed by atoms with Gasteiger partial charge in [-0.15, -0.1) is 22.7 Å². The van der Waals surface area contributed by atoms with Gasteiger partial charge in [-0.3, -0.25) is 14.4 Å². The van der Waals surface area contributed by atoms with Crippen molar-refractivity contribution in [1.29, 1.82) is 0 Å². The number of thiophene rings is 1. The van der Waals surface area contributed by atoms with Crippen molar-refractivity contribution in [3.8, 4) is 11.4 Å². The quantitative estimate of drug-likeness (QED) is 0.00729. The highest BCUT2D eigenvalue weighted by atomic mass is 35.5. The molecule has 0 fully saturated rings. The van der Waals surface area contributed by atoms with Crippen molar-refractivity contribution < 1.29 is 52.8 Å². The van der Waals surface area contributed by atoms with Gasteiger partial charge in [-0.1, -0.05) is 154 Å². The Morgan fingerprint density at radius 2 is 0.974 bits per heavy atom. The highest BCUT2D eigenvalue weighted by Gasteiger charge is 2.25. The molecule has 2 unspecified atom stereocenters. The largest absolute Gasteiger partial charge is 0.461 e. The number of Topliss-reactive ketones (excluding diaryl/α,β-unsaturated/α-hetero) is 1. The number of fused-ring (bicyclic) bond motifs is 7. The van der Waals surface area contributed by atoms with E-state index in [0.29, 0.717) is 106 Å². The van der Waals surface area contributed by atoms with Crippen LogP contribution in [0.1, 0.15) is 135 Å². The summed E-state index contributed by atoms with van der Waals surface area (Å²) in [7, 11) is -1.28. The van der Waals surface area contributed by atoms with Crippen LogP contribution in [0, 0.1) is 0 Å². The van der Waals surface area contributed by atoms with Gasteiger partial charge in [-0.2, -0.15) is 21.0 Å². The van der Waals surface area contributed by atoms with Crippen LogP contribution in [-0.2, 0) is 33.6 Å². The number of aromatic nitrogens is 3. The summed E-state index contributed by atoms with van der Waals surface area (Å²) < 4.78 is 11.7. The number of benzene rings is 10. The number of nitrogens with zero attached hydrogens (tertiary/aromatic N) is 6. The fourth-order valence-electron chi connectivity index (χ4n) is 13.4. The van der Waals surface area contributed by atoms with E-state index in [-0.39, 0.29) is 36.1 Å². The second-order valence-corrected chi connectivity index (χ2v) is 36.5. The molecule has 584 valence electrons. The number of oxime groups is 3. The molecule has 10 aromatic carbocycles. The maximum atomic E-state index is 14.7. The number of hydrogen-bond donors (Lipinski definition) is 0. The third-order valence-electron chi connectivity index (χ3n) is 18.9. The zero-order chi connectivity index (χ0) is 81.1. The van der Waals surface area contributed by atoms with Gasteiger partial charge in [0.15, 0.2) is 21.7 Å². The lowest BCUT2D eigenvalue weighted by Gasteiger charge is -2.14. The molecule has 0 bridgehead atoms. The van der Waals surface area contributed by atoms with Crippen molar-refractivity contribution in [1.82, 2.24) is 14.1 Å². The first-order valence-electron chi connectivity index (χ1n) is 37.0. The molecule has 25 heteroatoms. The summed E-state index contributed by atoms with van der Waals surface area (Å²) in [5.74, 6) is 7.23. The van der Waals surface area contributed by atoms with Crippen molar-refractivity contribution >= 4 is 214 Å². The molecule has 0 aliphatic carbocycles. The number of para-hydroxylation sites is 1. The lowest BCUT2D eigenvalue weighted by Crippen LogP contribution is -2.11. The van der Waals surface area contributed by atoms with Crippen LogP contribution in [-0.4, -0.2) is 107 Å². The molecular weight excluding hydrogens is 1620 g/mol. The number of hydrogen-bond acceptors (Lipinski definition) is 19. The Morgan fingerprint density at radius 1 is 0.483 bits per heavy atom. The smallest absolute Gasteiger partial charge is 0.348 e. The first kappa shape index (κ1) is 81.6. The first-order valence-corrected chi connectivity index (χ1v) is 44.5. The average Bonchev–Trinajstić information content (AvgIpc) is 1.59. The molecule has 0 saturated heterocycles. The number of thiazole rings is 1. The Bertz CT molecular complexity index is 6300. The normalized spacial score (nSPS) is 12.5. The maximum absolute atomic E-state index is 14.7. The van der Waals surface area contributed by atoms with Crippen LogP contribution >= 0.6 is 90.4 Å². The van der Waals surface area contributed by atoms with Crippen LogP contribution in [0.5, 0.6) is 0 Å². The fraction of sp³-hybridized carbons (Fsp3) is 0.154. The van der Waals surface area contributed by atoms with Gasteiger partial charge in [0.25, 0.3) is 0 Å². The Morgan fingerprint density at radius 3 is 1.50 bits per heavy atom. The summed E-state index contributed by atoms with van der Waals surface area (Å²) in [5.41, 5.74) is 10.8. The molecule has 0 amide bonds. The zero-order valence-electron chi connectivity index (χ0n) is 63.3. The van der Waals surface area contributed by atoms with Gasteiger partial charge in [0.05, 0.1) is 66.1 Å². The van der Waals surface area contributed by atoms with Gasteiger partial charge < -0.3 is 28.4 Å². The molecule has 2 atom stereocenters. The van der Waals surface area contributed by atoms with Crippen molar-refractivity contribution in [3.05, 3.63) is 289 Å². The molecule has 0 aliphatic heterocycles. The van der Waals surface area contributed by atoms with E-state index in [9.17, 15) is 33.6 Å². The van der Waals surface area contributed by atoms with E-state index < -0.39 is 44.8 Å². The summed E-state index contributed by atoms with van der Waals surface area (Å²) in [6.07, 6.45) is 3.72. The number of unbranched alkanes of at least 4 members (excludes halogenated alkanes) is 2. The molecule has 0 saturated carbocycles. The second-order valence-electron chi connectivity index (χ2n) is 27.1. The number of ketones is 3. The molecule has 0 radical (unpaired) electrons. The standard InChI is InChI=1S/C91H74Cl2N6O11S6/c1-7-8-10-19-85(103)59-24-32-65(33-25-59)99-81-38-26-60(47-71(81)73-49-62(28-40-83(73)99)89(105)70-37-35-68(52-76(70)93)113-91-94-79-18-13-14-20-86(79)114-91)78(96-109-56(3)101)43-46-115(5)54-116(6)53-80(97-110-57(4)102)61-27-39-82-72(48-61)74-50-63(88(104)69-36-34-67(51-75(69)92)112-66-16-11-9-12-17-66)29-41-84(74)98(82)64-30-22-58(23-31-64)77(95-108-55(2)100)42-44-107-90(106)87-21-15-45-111-87/h9,11-18,20-41,45,47-52H,5-8,10,19,42-44,46,53-54H2,1-4H3/b95-77+,96-78-,97-80-. The highest BCUT2D eigenvalue weighted by Crippen LogP contribution is 2.41. The third kappa shape index (κ3) is 19.2. The van der Waals surface area contributed by atoms with Crippen molar-refractivity contribution in [2.75, 3.05) is 23.2 Å². The molecule has 14 rings (SSSR count). The zero-order valence-corrected chi connectivity index (χ0v) is 69.7. The number of carbonyl (C=O) groups excluding carboxylic acids is 7. The Balaban J connectivity index is 0.750. The number of halogens is 2. The Kier molecular flexibility index (Phi) is 26.2. The molecule has 4 aromatic heterocycles. The molecule has 0 aliphatic rings. The summed E-state index contributed by atoms with van der Waals surface area (Å²) in [5, 5.41) is 19.0. The van der Waals surface area contributed by atoms with Gasteiger partial charge in [0, 0.05) is 137 Å². The molecule has 0 N–H and O–H groups in total. The number of esters is 1. The maximum Gasteiger partial charge on any atom is 0.348 e. The Hall–Kier alpha value is -11.0. The van der Waals surface area contributed by atoms with E-state index in [0.717, 1.165) is 98.1 Å². The first-order chi connectivity index (χ1) is 56.2. The molecule has 0 spiro atoms. The van der Waals surface area contributed by atoms with E-state index >= 15 is 0 Å². The molecule has 14 aromatic rings. The lowest BCUT2D eigenvalue weighted by atomic mass is 10.00. The van der Waals surface area contributed by atoms with Gasteiger partial charge >= 0.3 is 23.9 Å². The summed E-state index contributed by atoms with van der Waals surface area (Å²) in [6.45, 7) is 5.89. The van der Waals surface area contributed by atoms with Crippen LogP contribution < -0.4 is 0 Å². The number of ether oxygens (including phenoxy) is 1. The van der Waals surface area contributed by atoms with Crippen LogP contribution in [0.15, 0.2) is 264 Å². The monoisotopic (exact) mass is 1690 g/mol. The number of carbonyl (C=O) groups is 7. The summed E-state index contributed by atoms with van der Waals surface area (Å²) in [4.78, 5) is 117. The second kappa shape index (κ2) is 37.3. The highest BCUT2D eigenvalue weighted by molar-refractivity contribution is 8.30. The summed E-state index contributed by atoms with van der Waals surface area (Å²) >= 11 is 19.8. The van der Waals surface area contributed by atoms with Crippen molar-refractivity contribution in [3.63, 3.8) is 0 Å². The molecule has 17 nitrogen and oxygen atoms in total. The van der Waals surface area contributed by atoms with Gasteiger partial charge in [-0.25, -0.2) is 24.2 Å². The predicted molar refractivity (Wildman–Crippen MR) is 477 cm³/mol. The van der Waals surface area contributed by atoms with Crippen molar-refractivity contribution in [2.45, 2.75) is 85.2 Å². The van der Waals surface area contributed by atoms with Crippen molar-refractivity contribution in [2.24, 2.45) is 15.5 Å². The van der Waals surface area contributed by atoms with Crippen LogP contribution in [0.3, 0.4) is 0 Å². The predicted octanol–water partition coefficient (Wildman–Crippen LogP) is 22.9. The van der Waals surface area contributed by atoms with Gasteiger partial charge in [-0.05, 0) is 187 Å². The van der Waals surface area contributed by atoms with Crippen LogP contribution in [0.4, 0.5) is 0 Å². The van der Waals surface area contributed by atoms with Crippen LogP contribution in [0.2, 0.25) is 10.0 Å². The topological polar surface area (TPSA) is 216 Å². The van der Waals surface area contributed by atoms with Gasteiger partial charge in [0.2, 0.25) is 0 Å². The fourth-order valence-corrected chi connectivity index (χ4v) is 21.4. The van der Waals surface area contributed by atoms with Crippen LogP contribution in [0.25, 0.3) is 65.2 Å². The molecule has 4 heterocycles. The lowest BCUT2D eigenvalue weighted by molar-refractivity contribution is -0.141. The minimum Gasteiger partial charge on any atom is -0.461 e. The summed E-state index contributed by atoms with van der Waals surface area (Å²) in [6, 6.07) is 70.0. The SMILES string of the molecule is C=S(CC/C(=N/OC(C)=O)c1ccc2c(c1)c1cc(C(=O)c3ccc(Sc4nc5ccccc5s4)cc3Cl)ccc1n2-c1ccc(C(=O)CCCCC)cc1)CS(=C)C/C(=N/OC(C)=O)c1ccc2c(c1)c1cc(C(=O)c3ccc(Sc4ccccc4)cc3Cl)ccc1n2-c1ccc(/C(CCOC(=O)c2cccs2)=N/OC(C)=O)cc1. The number of rotatable bonds is 32. The third-order valence-corrected chi connectivity index (χ3v) is 27.6. The molecule has 116 heavy (non-hydrogen) atoms. The van der Waals surface area contributed by atoms with E-state index in [2.05, 4.69) is 43.3 Å².